The van der Waals surface area contributed by atoms with Gasteiger partial charge in [0.25, 0.3) is 0 Å². The summed E-state index contributed by atoms with van der Waals surface area (Å²) in [4.78, 5) is 9.62. The number of hydrogen-bond acceptors (Lipinski definition) is 5. The van der Waals surface area contributed by atoms with Gasteiger partial charge in [-0.3, -0.25) is 0 Å². The lowest BCUT2D eigenvalue weighted by Crippen LogP contribution is -2.46. The quantitative estimate of drug-likeness (QED) is 0.190. The van der Waals surface area contributed by atoms with Gasteiger partial charge in [-0.15, -0.1) is 24.0 Å². The summed E-state index contributed by atoms with van der Waals surface area (Å²) in [6.45, 7) is 16.9. The molecule has 1 atom stereocenters. The number of hydrogen-bond donors (Lipinski definition) is 3. The Morgan fingerprint density at radius 2 is 1.83 bits per heavy atom. The molecule has 0 aliphatic carbocycles. The maximum absolute atomic E-state index is 10.6. The van der Waals surface area contributed by atoms with Crippen molar-refractivity contribution < 1.29 is 9.52 Å². The van der Waals surface area contributed by atoms with E-state index < -0.39 is 5.60 Å². The fourth-order valence-electron chi connectivity index (χ4n) is 3.37. The number of unbranched alkanes of at least 4 members (excludes halogenated alkanes) is 1. The van der Waals surface area contributed by atoms with E-state index in [1.165, 1.54) is 39.1 Å². The lowest BCUT2D eigenvalue weighted by molar-refractivity contribution is 0.0428. The Balaban J connectivity index is 0.00000420. The molecule has 0 radical (unpaired) electrons. The molecule has 0 aromatic carbocycles. The summed E-state index contributed by atoms with van der Waals surface area (Å²) >= 11 is 0. The monoisotopic (exact) mass is 521 g/mol. The zero-order valence-electron chi connectivity index (χ0n) is 18.5. The molecule has 2 heterocycles. The van der Waals surface area contributed by atoms with Crippen molar-refractivity contribution in [3.8, 4) is 0 Å². The van der Waals surface area contributed by atoms with Gasteiger partial charge in [-0.2, -0.15) is 0 Å². The van der Waals surface area contributed by atoms with Crippen LogP contribution in [0.5, 0.6) is 0 Å². The highest BCUT2D eigenvalue weighted by Crippen LogP contribution is 2.23. The third-order valence-corrected chi connectivity index (χ3v) is 5.27. The van der Waals surface area contributed by atoms with Crippen LogP contribution in [0.15, 0.2) is 21.5 Å². The first-order valence-corrected chi connectivity index (χ1v) is 10.7. The van der Waals surface area contributed by atoms with E-state index in [1.807, 2.05) is 26.0 Å². The van der Waals surface area contributed by atoms with Crippen molar-refractivity contribution in [3.63, 3.8) is 0 Å². The van der Waals surface area contributed by atoms with Crippen molar-refractivity contribution >= 4 is 29.9 Å². The van der Waals surface area contributed by atoms with Gasteiger partial charge in [-0.05, 0) is 58.8 Å². The van der Waals surface area contributed by atoms with Crippen LogP contribution in [-0.4, -0.2) is 79.8 Å². The lowest BCUT2D eigenvalue weighted by atomic mass is 10.0. The minimum Gasteiger partial charge on any atom is -0.463 e. The number of rotatable bonds is 10. The van der Waals surface area contributed by atoms with Crippen molar-refractivity contribution in [2.24, 2.45) is 4.99 Å². The van der Waals surface area contributed by atoms with Crippen LogP contribution >= 0.6 is 24.0 Å². The number of aliphatic hydroxyl groups is 1. The largest absolute Gasteiger partial charge is 0.463 e. The Labute approximate surface area is 193 Å². The summed E-state index contributed by atoms with van der Waals surface area (Å²) in [6.07, 6.45) is 2.29. The van der Waals surface area contributed by atoms with Crippen LogP contribution in [-0.2, 0) is 5.60 Å². The molecule has 1 saturated heterocycles. The van der Waals surface area contributed by atoms with E-state index in [9.17, 15) is 5.11 Å². The van der Waals surface area contributed by atoms with Crippen molar-refractivity contribution in [1.29, 1.82) is 0 Å². The first kappa shape index (κ1) is 26.2. The number of aryl methyl sites for hydroxylation is 1. The van der Waals surface area contributed by atoms with Crippen LogP contribution < -0.4 is 10.6 Å². The minimum atomic E-state index is -1.11. The van der Waals surface area contributed by atoms with E-state index in [0.717, 1.165) is 37.8 Å². The maximum Gasteiger partial charge on any atom is 0.191 e. The van der Waals surface area contributed by atoms with E-state index in [2.05, 4.69) is 32.3 Å². The smallest absolute Gasteiger partial charge is 0.191 e. The molecular weight excluding hydrogens is 481 g/mol. The van der Waals surface area contributed by atoms with Gasteiger partial charge in [-0.1, -0.05) is 6.92 Å². The molecule has 0 bridgehead atoms. The Kier molecular flexibility index (Phi) is 12.2. The molecule has 1 fully saturated rings. The zero-order valence-corrected chi connectivity index (χ0v) is 20.9. The van der Waals surface area contributed by atoms with E-state index in [0.29, 0.717) is 5.76 Å². The molecular formula is C21H40IN5O2. The third kappa shape index (κ3) is 9.23. The highest BCUT2D eigenvalue weighted by atomic mass is 127. The molecule has 1 unspecified atom stereocenters. The number of halogens is 1. The van der Waals surface area contributed by atoms with Crippen molar-refractivity contribution in [1.82, 2.24) is 20.4 Å². The topological polar surface area (TPSA) is 76.3 Å². The Morgan fingerprint density at radius 3 is 2.41 bits per heavy atom. The fourth-order valence-corrected chi connectivity index (χ4v) is 3.37. The van der Waals surface area contributed by atoms with Gasteiger partial charge in [0, 0.05) is 39.3 Å². The number of likely N-dealkylation sites (N-methyl/N-ethyl adjacent to an activating group) is 1. The van der Waals surface area contributed by atoms with E-state index >= 15 is 0 Å². The molecule has 0 amide bonds. The second-order valence-electron chi connectivity index (χ2n) is 7.79. The van der Waals surface area contributed by atoms with E-state index in [-0.39, 0.29) is 30.5 Å². The molecule has 3 N–H and O–H groups in total. The predicted molar refractivity (Wildman–Crippen MR) is 130 cm³/mol. The predicted octanol–water partition coefficient (Wildman–Crippen LogP) is 2.39. The van der Waals surface area contributed by atoms with Crippen LogP contribution in [0.2, 0.25) is 0 Å². The molecule has 168 valence electrons. The fraction of sp³-hybridized carbons (Fsp3) is 0.762. The molecule has 1 aromatic rings. The summed E-state index contributed by atoms with van der Waals surface area (Å²) in [5, 5.41) is 17.3. The van der Waals surface area contributed by atoms with Gasteiger partial charge in [-0.25, -0.2) is 4.99 Å². The second kappa shape index (κ2) is 13.5. The molecule has 0 saturated carbocycles. The average Bonchev–Trinajstić information content (AvgIpc) is 3.13. The minimum absolute atomic E-state index is 0. The average molecular weight is 521 g/mol. The highest BCUT2D eigenvalue weighted by Gasteiger charge is 2.26. The number of nitrogens with zero attached hydrogens (tertiary/aromatic N) is 3. The van der Waals surface area contributed by atoms with Gasteiger partial charge in [0.1, 0.15) is 17.1 Å². The van der Waals surface area contributed by atoms with Crippen LogP contribution in [0.3, 0.4) is 0 Å². The maximum atomic E-state index is 10.6. The zero-order chi connectivity index (χ0) is 20.4. The molecule has 8 heteroatoms. The first-order valence-electron chi connectivity index (χ1n) is 10.7. The number of nitrogens with one attached hydrogen (secondary N) is 2. The normalized spacial score (nSPS) is 18.2. The van der Waals surface area contributed by atoms with Gasteiger partial charge in [0.15, 0.2) is 5.96 Å². The summed E-state index contributed by atoms with van der Waals surface area (Å²) in [5.74, 6) is 2.08. The van der Waals surface area contributed by atoms with Crippen LogP contribution in [0.25, 0.3) is 0 Å². The van der Waals surface area contributed by atoms with Crippen LogP contribution in [0, 0.1) is 6.92 Å². The van der Waals surface area contributed by atoms with Crippen molar-refractivity contribution in [3.05, 3.63) is 23.7 Å². The number of piperazine rings is 1. The summed E-state index contributed by atoms with van der Waals surface area (Å²) < 4.78 is 5.56. The first-order chi connectivity index (χ1) is 13.4. The Hall–Kier alpha value is -0.840. The Morgan fingerprint density at radius 1 is 1.14 bits per heavy atom. The highest BCUT2D eigenvalue weighted by molar-refractivity contribution is 14.0. The summed E-state index contributed by atoms with van der Waals surface area (Å²) in [5.41, 5.74) is -1.11. The summed E-state index contributed by atoms with van der Waals surface area (Å²) in [7, 11) is 0. The van der Waals surface area contributed by atoms with Crippen molar-refractivity contribution in [2.75, 3.05) is 58.9 Å². The molecule has 7 nitrogen and oxygen atoms in total. The van der Waals surface area contributed by atoms with Gasteiger partial charge in [0.05, 0.1) is 6.54 Å². The van der Waals surface area contributed by atoms with E-state index in [1.54, 1.807) is 6.92 Å². The number of furan rings is 1. The third-order valence-electron chi connectivity index (χ3n) is 5.27. The molecule has 0 spiro atoms. The SMILES string of the molecule is CCNC(=NCC(C)(O)c1ccc(C)o1)NCCCCN1CCN(CC)CC1.I. The molecule has 1 aliphatic rings. The second-order valence-corrected chi connectivity index (χ2v) is 7.79. The molecule has 1 aliphatic heterocycles. The number of guanidine groups is 1. The van der Waals surface area contributed by atoms with Crippen LogP contribution in [0.4, 0.5) is 0 Å². The Bertz CT molecular complexity index is 598. The molecule has 2 rings (SSSR count). The van der Waals surface area contributed by atoms with Crippen molar-refractivity contribution in [2.45, 2.75) is 46.1 Å². The van der Waals surface area contributed by atoms with E-state index in [4.69, 9.17) is 4.42 Å². The molecule has 1 aromatic heterocycles. The molecule has 29 heavy (non-hydrogen) atoms. The van der Waals surface area contributed by atoms with Crippen LogP contribution in [0.1, 0.15) is 45.1 Å². The number of aliphatic imine (C=N–C) groups is 1. The standard InChI is InChI=1S/C21H39N5O2.HI/c1-5-22-20(24-17-21(4,27)19-10-9-18(3)28-19)23-11-7-8-12-26-15-13-25(6-2)14-16-26;/h9-10,27H,5-8,11-17H2,1-4H3,(H2,22,23,24);1H. The van der Waals surface area contributed by atoms with Gasteiger partial charge >= 0.3 is 0 Å². The van der Waals surface area contributed by atoms with Gasteiger partial charge in [0.2, 0.25) is 0 Å². The van der Waals surface area contributed by atoms with Gasteiger partial charge < -0.3 is 30.0 Å². The summed E-state index contributed by atoms with van der Waals surface area (Å²) in [6, 6.07) is 3.67. The lowest BCUT2D eigenvalue weighted by Gasteiger charge is -2.34.